The third-order valence-electron chi connectivity index (χ3n) is 3.69. The van der Waals surface area contributed by atoms with Gasteiger partial charge in [-0.05, 0) is 37.8 Å². The summed E-state index contributed by atoms with van der Waals surface area (Å²) in [6, 6.07) is 1.89. The van der Waals surface area contributed by atoms with Crippen LogP contribution in [-0.4, -0.2) is 9.97 Å². The van der Waals surface area contributed by atoms with Crippen molar-refractivity contribution in [3.63, 3.8) is 0 Å². The van der Waals surface area contributed by atoms with Gasteiger partial charge < -0.3 is 10.2 Å². The van der Waals surface area contributed by atoms with Crippen molar-refractivity contribution >= 4 is 27.4 Å². The summed E-state index contributed by atoms with van der Waals surface area (Å²) in [6.45, 7) is 1.91. The number of anilines is 1. The third kappa shape index (κ3) is 1.51. The molecular formula is C14H13N3OS. The minimum Gasteiger partial charge on any atom is -0.469 e. The molecule has 0 radical (unpaired) electrons. The molecule has 0 aromatic carbocycles. The van der Waals surface area contributed by atoms with E-state index in [1.807, 2.05) is 13.0 Å². The standard InChI is InChI=1S/C14H13N3OS/c1-7-8(5-6-18-7)13-16-12(15)11-9-3-2-4-10(9)19-14(11)17-13/h5-6H,2-4H2,1H3,(H2,15,16,17). The van der Waals surface area contributed by atoms with Gasteiger partial charge in [-0.2, -0.15) is 0 Å². The van der Waals surface area contributed by atoms with Crippen molar-refractivity contribution in [1.82, 2.24) is 9.97 Å². The van der Waals surface area contributed by atoms with Crippen LogP contribution in [0.25, 0.3) is 21.6 Å². The zero-order valence-electron chi connectivity index (χ0n) is 10.6. The van der Waals surface area contributed by atoms with E-state index in [4.69, 9.17) is 10.2 Å². The van der Waals surface area contributed by atoms with Crippen molar-refractivity contribution in [3.8, 4) is 11.4 Å². The molecule has 4 nitrogen and oxygen atoms in total. The van der Waals surface area contributed by atoms with E-state index in [1.54, 1.807) is 17.6 Å². The van der Waals surface area contributed by atoms with Gasteiger partial charge in [0.2, 0.25) is 0 Å². The monoisotopic (exact) mass is 271 g/mol. The number of nitrogen functional groups attached to an aromatic ring is 1. The summed E-state index contributed by atoms with van der Waals surface area (Å²) < 4.78 is 5.31. The quantitative estimate of drug-likeness (QED) is 0.737. The van der Waals surface area contributed by atoms with Crippen LogP contribution in [0.15, 0.2) is 16.7 Å². The lowest BCUT2D eigenvalue weighted by atomic mass is 10.2. The molecule has 3 aromatic heterocycles. The molecule has 5 heteroatoms. The van der Waals surface area contributed by atoms with E-state index in [0.717, 1.165) is 34.4 Å². The van der Waals surface area contributed by atoms with Crippen molar-refractivity contribution in [2.75, 3.05) is 5.73 Å². The van der Waals surface area contributed by atoms with Gasteiger partial charge in [-0.15, -0.1) is 11.3 Å². The van der Waals surface area contributed by atoms with Gasteiger partial charge >= 0.3 is 0 Å². The summed E-state index contributed by atoms with van der Waals surface area (Å²) in [6.07, 6.45) is 5.13. The second kappa shape index (κ2) is 3.81. The maximum Gasteiger partial charge on any atom is 0.166 e. The summed E-state index contributed by atoms with van der Waals surface area (Å²) in [5.74, 6) is 2.08. The van der Waals surface area contributed by atoms with E-state index < -0.39 is 0 Å². The lowest BCUT2D eigenvalue weighted by Crippen LogP contribution is -1.97. The Bertz CT molecular complexity index is 787. The van der Waals surface area contributed by atoms with Crippen LogP contribution >= 0.6 is 11.3 Å². The summed E-state index contributed by atoms with van der Waals surface area (Å²) in [4.78, 5) is 11.6. The molecule has 0 saturated heterocycles. The summed E-state index contributed by atoms with van der Waals surface area (Å²) in [5.41, 5.74) is 8.44. The highest BCUT2D eigenvalue weighted by Crippen LogP contribution is 2.39. The topological polar surface area (TPSA) is 64.9 Å². The Hall–Kier alpha value is -1.88. The number of hydrogen-bond donors (Lipinski definition) is 1. The second-order valence-electron chi connectivity index (χ2n) is 4.86. The largest absolute Gasteiger partial charge is 0.469 e. The van der Waals surface area contributed by atoms with Crippen LogP contribution in [0.5, 0.6) is 0 Å². The Labute approximate surface area is 114 Å². The molecule has 96 valence electrons. The number of thiophene rings is 1. The highest BCUT2D eigenvalue weighted by molar-refractivity contribution is 7.19. The molecule has 2 N–H and O–H groups in total. The van der Waals surface area contributed by atoms with Crippen LogP contribution < -0.4 is 5.73 Å². The third-order valence-corrected chi connectivity index (χ3v) is 4.88. The summed E-state index contributed by atoms with van der Waals surface area (Å²) in [7, 11) is 0. The van der Waals surface area contributed by atoms with Crippen LogP contribution in [0.4, 0.5) is 5.82 Å². The maximum atomic E-state index is 6.16. The zero-order valence-corrected chi connectivity index (χ0v) is 11.4. The fourth-order valence-corrected chi connectivity index (χ4v) is 4.03. The first-order chi connectivity index (χ1) is 9.24. The first-order valence-electron chi connectivity index (χ1n) is 6.36. The number of aromatic nitrogens is 2. The van der Waals surface area contributed by atoms with Crippen LogP contribution in [-0.2, 0) is 12.8 Å². The molecule has 1 aliphatic rings. The molecule has 3 aromatic rings. The fraction of sp³-hybridized carbons (Fsp3) is 0.286. The molecule has 3 heterocycles. The molecule has 0 unspecified atom stereocenters. The van der Waals surface area contributed by atoms with Crippen molar-refractivity contribution in [1.29, 1.82) is 0 Å². The van der Waals surface area contributed by atoms with Crippen LogP contribution in [0.1, 0.15) is 22.6 Å². The average molecular weight is 271 g/mol. The predicted molar refractivity (Wildman–Crippen MR) is 76.3 cm³/mol. The number of hydrogen-bond acceptors (Lipinski definition) is 5. The number of aryl methyl sites for hydroxylation is 3. The van der Waals surface area contributed by atoms with Gasteiger partial charge in [-0.3, -0.25) is 0 Å². The first kappa shape index (κ1) is 11.0. The van der Waals surface area contributed by atoms with Gasteiger partial charge in [-0.25, -0.2) is 9.97 Å². The number of rotatable bonds is 1. The normalized spacial score (nSPS) is 14.2. The molecule has 0 saturated carbocycles. The molecular weight excluding hydrogens is 258 g/mol. The SMILES string of the molecule is Cc1occc1-c1nc(N)c2c3c(sc2n1)CCC3. The highest BCUT2D eigenvalue weighted by atomic mass is 32.1. The highest BCUT2D eigenvalue weighted by Gasteiger charge is 2.22. The fourth-order valence-electron chi connectivity index (χ4n) is 2.76. The van der Waals surface area contributed by atoms with E-state index in [0.29, 0.717) is 11.6 Å². The first-order valence-corrected chi connectivity index (χ1v) is 7.18. The van der Waals surface area contributed by atoms with Gasteiger partial charge in [0.15, 0.2) is 5.82 Å². The summed E-state index contributed by atoms with van der Waals surface area (Å²) in [5, 5.41) is 1.07. The number of nitrogens with zero attached hydrogens (tertiary/aromatic N) is 2. The lowest BCUT2D eigenvalue weighted by Gasteiger charge is -2.02. The predicted octanol–water partition coefficient (Wildman–Crippen LogP) is 3.33. The zero-order chi connectivity index (χ0) is 13.0. The van der Waals surface area contributed by atoms with Gasteiger partial charge in [0, 0.05) is 4.88 Å². The Balaban J connectivity index is 1.99. The van der Waals surface area contributed by atoms with E-state index in [9.17, 15) is 0 Å². The van der Waals surface area contributed by atoms with Crippen LogP contribution in [0, 0.1) is 6.92 Å². The number of furan rings is 1. The van der Waals surface area contributed by atoms with Crippen molar-refractivity contribution in [3.05, 3.63) is 28.5 Å². The Morgan fingerprint density at radius 1 is 1.32 bits per heavy atom. The Morgan fingerprint density at radius 3 is 3.00 bits per heavy atom. The van der Waals surface area contributed by atoms with Gasteiger partial charge in [0.1, 0.15) is 16.4 Å². The van der Waals surface area contributed by atoms with Crippen molar-refractivity contribution < 1.29 is 4.42 Å². The van der Waals surface area contributed by atoms with Crippen LogP contribution in [0.2, 0.25) is 0 Å². The average Bonchev–Trinajstić information content (AvgIpc) is 3.02. The van der Waals surface area contributed by atoms with E-state index in [2.05, 4.69) is 9.97 Å². The minimum atomic E-state index is 0.597. The van der Waals surface area contributed by atoms with Crippen molar-refractivity contribution in [2.24, 2.45) is 0 Å². The second-order valence-corrected chi connectivity index (χ2v) is 5.94. The number of fused-ring (bicyclic) bond motifs is 3. The summed E-state index contributed by atoms with van der Waals surface area (Å²) >= 11 is 1.76. The molecule has 19 heavy (non-hydrogen) atoms. The van der Waals surface area contributed by atoms with Crippen molar-refractivity contribution in [2.45, 2.75) is 26.2 Å². The Kier molecular flexibility index (Phi) is 2.20. The molecule has 4 rings (SSSR count). The van der Waals surface area contributed by atoms with Gasteiger partial charge in [0.25, 0.3) is 0 Å². The van der Waals surface area contributed by atoms with Gasteiger partial charge in [-0.1, -0.05) is 0 Å². The van der Waals surface area contributed by atoms with E-state index in [-0.39, 0.29) is 0 Å². The van der Waals surface area contributed by atoms with Crippen LogP contribution in [0.3, 0.4) is 0 Å². The maximum absolute atomic E-state index is 6.16. The molecule has 1 aliphatic carbocycles. The lowest BCUT2D eigenvalue weighted by molar-refractivity contribution is 0.535. The van der Waals surface area contributed by atoms with Gasteiger partial charge in [0.05, 0.1) is 17.2 Å². The smallest absolute Gasteiger partial charge is 0.166 e. The molecule has 0 aliphatic heterocycles. The minimum absolute atomic E-state index is 0.597. The van der Waals surface area contributed by atoms with E-state index >= 15 is 0 Å². The number of nitrogens with two attached hydrogens (primary N) is 1. The van der Waals surface area contributed by atoms with E-state index in [1.165, 1.54) is 16.9 Å². The molecule has 0 atom stereocenters. The molecule has 0 spiro atoms. The molecule has 0 fully saturated rings. The molecule has 0 bridgehead atoms. The molecule has 0 amide bonds. The Morgan fingerprint density at radius 2 is 2.21 bits per heavy atom.